The van der Waals surface area contributed by atoms with Crippen LogP contribution in [0.1, 0.15) is 25.3 Å². The van der Waals surface area contributed by atoms with E-state index in [4.69, 9.17) is 28.3 Å². The maximum absolute atomic E-state index is 12.4. The molecule has 0 saturated carbocycles. The zero-order valence-electron chi connectivity index (χ0n) is 10.9. The van der Waals surface area contributed by atoms with Gasteiger partial charge in [-0.25, -0.2) is 12.7 Å². The molecular weight excluding hydrogens is 309 g/mol. The SMILES string of the molecule is CCCCN(C)S(=O)(=O)c1cc(Cl)cc(CO)c1Cl. The topological polar surface area (TPSA) is 57.6 Å². The summed E-state index contributed by atoms with van der Waals surface area (Å²) in [5.41, 5.74) is 0.302. The fraction of sp³-hybridized carbons (Fsp3) is 0.500. The number of rotatable bonds is 6. The minimum Gasteiger partial charge on any atom is -0.392 e. The first kappa shape index (κ1) is 16.7. The maximum atomic E-state index is 12.4. The Labute approximate surface area is 124 Å². The molecule has 1 rings (SSSR count). The molecule has 0 aliphatic rings. The van der Waals surface area contributed by atoms with Crippen LogP contribution in [0.2, 0.25) is 10.0 Å². The van der Waals surface area contributed by atoms with Crippen molar-refractivity contribution in [3.8, 4) is 0 Å². The predicted octanol–water partition coefficient (Wildman–Crippen LogP) is 2.91. The van der Waals surface area contributed by atoms with Crippen LogP contribution in [-0.2, 0) is 16.6 Å². The third-order valence-corrected chi connectivity index (χ3v) is 5.42. The molecule has 7 heteroatoms. The van der Waals surface area contributed by atoms with Gasteiger partial charge in [-0.2, -0.15) is 0 Å². The Morgan fingerprint density at radius 2 is 1.95 bits per heavy atom. The Morgan fingerprint density at radius 3 is 2.47 bits per heavy atom. The summed E-state index contributed by atoms with van der Waals surface area (Å²) in [5, 5.41) is 9.42. The summed E-state index contributed by atoms with van der Waals surface area (Å²) >= 11 is 11.9. The highest BCUT2D eigenvalue weighted by Crippen LogP contribution is 2.31. The van der Waals surface area contributed by atoms with Crippen LogP contribution in [0.25, 0.3) is 0 Å². The second-order valence-electron chi connectivity index (χ2n) is 4.22. The molecule has 1 aromatic rings. The van der Waals surface area contributed by atoms with Gasteiger partial charge in [0.05, 0.1) is 11.6 Å². The van der Waals surface area contributed by atoms with E-state index in [9.17, 15) is 8.42 Å². The van der Waals surface area contributed by atoms with E-state index < -0.39 is 10.0 Å². The first-order valence-corrected chi connectivity index (χ1v) is 8.09. The molecule has 1 N–H and O–H groups in total. The monoisotopic (exact) mass is 325 g/mol. The largest absolute Gasteiger partial charge is 0.392 e. The molecule has 0 aliphatic heterocycles. The lowest BCUT2D eigenvalue weighted by Crippen LogP contribution is -2.28. The second-order valence-corrected chi connectivity index (χ2v) is 7.04. The third-order valence-electron chi connectivity index (χ3n) is 2.76. The molecule has 0 heterocycles. The Kier molecular flexibility index (Phi) is 6.08. The molecule has 0 radical (unpaired) electrons. The Morgan fingerprint density at radius 1 is 1.32 bits per heavy atom. The molecule has 0 aromatic heterocycles. The molecule has 0 spiro atoms. The van der Waals surface area contributed by atoms with Crippen molar-refractivity contribution < 1.29 is 13.5 Å². The predicted molar refractivity (Wildman–Crippen MR) is 77.1 cm³/mol. The molecule has 0 unspecified atom stereocenters. The zero-order chi connectivity index (χ0) is 14.6. The van der Waals surface area contributed by atoms with Crippen molar-refractivity contribution in [1.82, 2.24) is 4.31 Å². The van der Waals surface area contributed by atoms with Gasteiger partial charge >= 0.3 is 0 Å². The number of aliphatic hydroxyl groups is 1. The average molecular weight is 326 g/mol. The summed E-state index contributed by atoms with van der Waals surface area (Å²) in [6.07, 6.45) is 1.66. The van der Waals surface area contributed by atoms with Crippen molar-refractivity contribution >= 4 is 33.2 Å². The number of benzene rings is 1. The van der Waals surface area contributed by atoms with Gasteiger partial charge in [0.25, 0.3) is 0 Å². The van der Waals surface area contributed by atoms with E-state index in [-0.39, 0.29) is 21.5 Å². The molecular formula is C12H17Cl2NO3S. The number of halogens is 2. The van der Waals surface area contributed by atoms with E-state index >= 15 is 0 Å². The van der Waals surface area contributed by atoms with Crippen LogP contribution in [0, 0.1) is 0 Å². The molecule has 4 nitrogen and oxygen atoms in total. The summed E-state index contributed by atoms with van der Waals surface area (Å²) in [7, 11) is -2.19. The second kappa shape index (κ2) is 6.90. The van der Waals surface area contributed by atoms with E-state index in [0.29, 0.717) is 12.1 Å². The fourth-order valence-electron chi connectivity index (χ4n) is 1.59. The maximum Gasteiger partial charge on any atom is 0.244 e. The molecule has 108 valence electrons. The lowest BCUT2D eigenvalue weighted by Gasteiger charge is -2.18. The number of hydrogen-bond acceptors (Lipinski definition) is 3. The summed E-state index contributed by atoms with van der Waals surface area (Å²) in [6, 6.07) is 2.76. The van der Waals surface area contributed by atoms with Crippen molar-refractivity contribution in [3.05, 3.63) is 27.7 Å². The van der Waals surface area contributed by atoms with Crippen molar-refractivity contribution in [1.29, 1.82) is 0 Å². The van der Waals surface area contributed by atoms with E-state index in [2.05, 4.69) is 0 Å². The van der Waals surface area contributed by atoms with Gasteiger partial charge in [-0.05, 0) is 24.1 Å². The molecule has 0 fully saturated rings. The lowest BCUT2D eigenvalue weighted by molar-refractivity contribution is 0.281. The van der Waals surface area contributed by atoms with Gasteiger partial charge in [0.1, 0.15) is 4.90 Å². The highest BCUT2D eigenvalue weighted by atomic mass is 35.5. The standard InChI is InChI=1S/C12H17Cl2NO3S/c1-3-4-5-15(2)19(17,18)11-7-10(13)6-9(8-16)12(11)14/h6-7,16H,3-5,8H2,1-2H3. The Hall–Kier alpha value is -0.330. The van der Waals surface area contributed by atoms with Gasteiger partial charge in [-0.1, -0.05) is 36.5 Å². The van der Waals surface area contributed by atoms with Gasteiger partial charge in [0.15, 0.2) is 0 Å². The minimum absolute atomic E-state index is 0.0234. The number of sulfonamides is 1. The Bertz CT molecular complexity index is 546. The van der Waals surface area contributed by atoms with Crippen LogP contribution < -0.4 is 0 Å². The Balaban J connectivity index is 3.25. The highest BCUT2D eigenvalue weighted by Gasteiger charge is 2.25. The third kappa shape index (κ3) is 3.83. The zero-order valence-corrected chi connectivity index (χ0v) is 13.2. The molecule has 1 aromatic carbocycles. The normalized spacial score (nSPS) is 12.1. The van der Waals surface area contributed by atoms with Crippen LogP contribution in [0.5, 0.6) is 0 Å². The molecule has 0 aliphatic carbocycles. The summed E-state index contributed by atoms with van der Waals surface area (Å²) in [5.74, 6) is 0. The van der Waals surface area contributed by atoms with Crippen molar-refractivity contribution in [2.24, 2.45) is 0 Å². The number of aliphatic hydroxyl groups excluding tert-OH is 1. The van der Waals surface area contributed by atoms with E-state index in [1.807, 2.05) is 6.92 Å². The lowest BCUT2D eigenvalue weighted by atomic mass is 10.2. The summed E-state index contributed by atoms with van der Waals surface area (Å²) in [6.45, 7) is 2.04. The average Bonchev–Trinajstić information content (AvgIpc) is 2.37. The number of hydrogen-bond donors (Lipinski definition) is 1. The van der Waals surface area contributed by atoms with Gasteiger partial charge in [-0.3, -0.25) is 0 Å². The first-order valence-electron chi connectivity index (χ1n) is 5.89. The molecule has 0 bridgehead atoms. The van der Waals surface area contributed by atoms with Crippen LogP contribution in [0.4, 0.5) is 0 Å². The van der Waals surface area contributed by atoms with Crippen LogP contribution in [0.15, 0.2) is 17.0 Å². The highest BCUT2D eigenvalue weighted by molar-refractivity contribution is 7.89. The van der Waals surface area contributed by atoms with E-state index in [1.165, 1.54) is 23.5 Å². The summed E-state index contributed by atoms with van der Waals surface area (Å²) < 4.78 is 26.0. The van der Waals surface area contributed by atoms with Gasteiger partial charge in [-0.15, -0.1) is 0 Å². The molecule has 0 saturated heterocycles. The van der Waals surface area contributed by atoms with Crippen molar-refractivity contribution in [2.75, 3.05) is 13.6 Å². The summed E-state index contributed by atoms with van der Waals surface area (Å²) in [4.78, 5) is -0.0654. The van der Waals surface area contributed by atoms with Crippen LogP contribution in [-0.4, -0.2) is 31.4 Å². The molecule has 0 amide bonds. The van der Waals surface area contributed by atoms with Crippen LogP contribution >= 0.6 is 23.2 Å². The number of unbranched alkanes of at least 4 members (excludes halogenated alkanes) is 1. The smallest absolute Gasteiger partial charge is 0.244 e. The van der Waals surface area contributed by atoms with Crippen molar-refractivity contribution in [3.63, 3.8) is 0 Å². The minimum atomic E-state index is -3.69. The fourth-order valence-corrected chi connectivity index (χ4v) is 3.70. The van der Waals surface area contributed by atoms with Crippen molar-refractivity contribution in [2.45, 2.75) is 31.3 Å². The molecule has 0 atom stereocenters. The van der Waals surface area contributed by atoms with Gasteiger partial charge < -0.3 is 5.11 Å². The van der Waals surface area contributed by atoms with Gasteiger partial charge in [0, 0.05) is 18.6 Å². The van der Waals surface area contributed by atoms with Gasteiger partial charge in [0.2, 0.25) is 10.0 Å². The first-order chi connectivity index (χ1) is 8.84. The quantitative estimate of drug-likeness (QED) is 0.874. The van der Waals surface area contributed by atoms with E-state index in [1.54, 1.807) is 0 Å². The number of nitrogens with zero attached hydrogens (tertiary/aromatic N) is 1. The van der Waals surface area contributed by atoms with E-state index in [0.717, 1.165) is 12.8 Å². The van der Waals surface area contributed by atoms with Crippen LogP contribution in [0.3, 0.4) is 0 Å². The molecule has 19 heavy (non-hydrogen) atoms.